The first-order valence-electron chi connectivity index (χ1n) is 10.2. The fraction of sp³-hybridized carbons (Fsp3) is 0.318. The number of benzene rings is 1. The molecule has 0 bridgehead atoms. The smallest absolute Gasteiger partial charge is 0.229 e. The van der Waals surface area contributed by atoms with Crippen LogP contribution in [-0.4, -0.2) is 42.3 Å². The van der Waals surface area contributed by atoms with Crippen molar-refractivity contribution in [3.8, 4) is 0 Å². The van der Waals surface area contributed by atoms with E-state index in [0.29, 0.717) is 5.95 Å². The molecular weight excluding hydrogens is 376 g/mol. The van der Waals surface area contributed by atoms with Gasteiger partial charge < -0.3 is 25.8 Å². The maximum Gasteiger partial charge on any atom is 0.229 e. The van der Waals surface area contributed by atoms with Crippen LogP contribution in [0, 0.1) is 5.92 Å². The SMILES string of the molecule is CN(C)c1ccc(Nc2ncc3c(n2)N(c2cccc(N)c2)CN3CC2CC2)cn1. The zero-order chi connectivity index (χ0) is 20.7. The monoisotopic (exact) mass is 402 g/mol. The molecule has 3 heterocycles. The topological polar surface area (TPSA) is 86.4 Å². The van der Waals surface area contributed by atoms with Gasteiger partial charge in [0.2, 0.25) is 5.95 Å². The van der Waals surface area contributed by atoms with Crippen LogP contribution in [0.3, 0.4) is 0 Å². The fourth-order valence-electron chi connectivity index (χ4n) is 3.68. The number of aromatic nitrogens is 3. The normalized spacial score (nSPS) is 15.3. The van der Waals surface area contributed by atoms with Crippen LogP contribution in [0.25, 0.3) is 0 Å². The van der Waals surface area contributed by atoms with Crippen LogP contribution in [0.5, 0.6) is 0 Å². The molecule has 8 heteroatoms. The van der Waals surface area contributed by atoms with Gasteiger partial charge in [-0.2, -0.15) is 4.98 Å². The fourth-order valence-corrected chi connectivity index (χ4v) is 3.68. The van der Waals surface area contributed by atoms with Gasteiger partial charge in [-0.25, -0.2) is 9.97 Å². The maximum atomic E-state index is 6.04. The van der Waals surface area contributed by atoms with Gasteiger partial charge in [-0.1, -0.05) is 6.07 Å². The Morgan fingerprint density at radius 1 is 1.13 bits per heavy atom. The van der Waals surface area contributed by atoms with Crippen LogP contribution in [0.4, 0.5) is 40.3 Å². The van der Waals surface area contributed by atoms with Crippen molar-refractivity contribution < 1.29 is 0 Å². The van der Waals surface area contributed by atoms with Crippen molar-refractivity contribution in [2.75, 3.05) is 53.1 Å². The number of fused-ring (bicyclic) bond motifs is 1. The lowest BCUT2D eigenvalue weighted by Gasteiger charge is -2.21. The maximum absolute atomic E-state index is 6.04. The highest BCUT2D eigenvalue weighted by Gasteiger charge is 2.33. The zero-order valence-electron chi connectivity index (χ0n) is 17.3. The third kappa shape index (κ3) is 3.68. The van der Waals surface area contributed by atoms with E-state index >= 15 is 0 Å². The summed E-state index contributed by atoms with van der Waals surface area (Å²) in [4.78, 5) is 20.4. The lowest BCUT2D eigenvalue weighted by molar-refractivity contribution is 0.745. The molecule has 1 aromatic carbocycles. The van der Waals surface area contributed by atoms with Crippen molar-refractivity contribution in [2.24, 2.45) is 5.92 Å². The Hall–Kier alpha value is -3.55. The molecule has 8 nitrogen and oxygen atoms in total. The molecule has 154 valence electrons. The highest BCUT2D eigenvalue weighted by Crippen LogP contribution is 2.42. The van der Waals surface area contributed by atoms with Crippen molar-refractivity contribution >= 4 is 40.3 Å². The average molecular weight is 403 g/mol. The second-order valence-electron chi connectivity index (χ2n) is 8.16. The molecule has 1 saturated carbocycles. The molecule has 0 saturated heterocycles. The highest BCUT2D eigenvalue weighted by atomic mass is 15.4. The van der Waals surface area contributed by atoms with Crippen LogP contribution in [0.1, 0.15) is 12.8 Å². The van der Waals surface area contributed by atoms with Crippen molar-refractivity contribution in [2.45, 2.75) is 12.8 Å². The highest BCUT2D eigenvalue weighted by molar-refractivity contribution is 5.80. The minimum Gasteiger partial charge on any atom is -0.399 e. The summed E-state index contributed by atoms with van der Waals surface area (Å²) < 4.78 is 0. The number of nitrogens with one attached hydrogen (secondary N) is 1. The molecule has 0 atom stereocenters. The summed E-state index contributed by atoms with van der Waals surface area (Å²) in [6, 6.07) is 11.9. The third-order valence-electron chi connectivity index (χ3n) is 5.48. The molecule has 0 radical (unpaired) electrons. The van der Waals surface area contributed by atoms with Crippen molar-refractivity contribution in [3.63, 3.8) is 0 Å². The van der Waals surface area contributed by atoms with Crippen molar-refractivity contribution in [1.82, 2.24) is 15.0 Å². The molecular formula is C22H26N8. The van der Waals surface area contributed by atoms with E-state index in [1.54, 1.807) is 6.20 Å². The largest absolute Gasteiger partial charge is 0.399 e. The van der Waals surface area contributed by atoms with E-state index in [1.165, 1.54) is 12.8 Å². The van der Waals surface area contributed by atoms with E-state index in [2.05, 4.69) is 31.2 Å². The predicted octanol–water partition coefficient (Wildman–Crippen LogP) is 3.59. The molecule has 0 unspecified atom stereocenters. The standard InChI is InChI=1S/C22H26N8/c1-28(2)20-9-8-17(11-24-20)26-22-25-12-19-21(27-22)30(14-29(19)13-15-6-7-15)18-5-3-4-16(23)10-18/h3-5,8-12,15H,6-7,13-14,23H2,1-2H3,(H,25,26,27). The van der Waals surface area contributed by atoms with Gasteiger partial charge in [0.1, 0.15) is 11.5 Å². The minimum absolute atomic E-state index is 0.551. The average Bonchev–Trinajstić information content (AvgIpc) is 3.48. The van der Waals surface area contributed by atoms with Gasteiger partial charge in [0.05, 0.1) is 24.7 Å². The van der Waals surface area contributed by atoms with E-state index in [-0.39, 0.29) is 0 Å². The van der Waals surface area contributed by atoms with Crippen molar-refractivity contribution in [1.29, 1.82) is 0 Å². The molecule has 0 amide bonds. The molecule has 0 spiro atoms. The second kappa shape index (κ2) is 7.37. The number of nitrogens with zero attached hydrogens (tertiary/aromatic N) is 6. The van der Waals surface area contributed by atoms with Crippen LogP contribution < -0.4 is 25.8 Å². The van der Waals surface area contributed by atoms with Gasteiger partial charge in [0.25, 0.3) is 0 Å². The Balaban J connectivity index is 1.45. The van der Waals surface area contributed by atoms with Crippen LogP contribution in [0.15, 0.2) is 48.8 Å². The van der Waals surface area contributed by atoms with E-state index < -0.39 is 0 Å². The summed E-state index contributed by atoms with van der Waals surface area (Å²) >= 11 is 0. The lowest BCUT2D eigenvalue weighted by atomic mass is 10.2. The van der Waals surface area contributed by atoms with Crippen LogP contribution in [0.2, 0.25) is 0 Å². The molecule has 30 heavy (non-hydrogen) atoms. The van der Waals surface area contributed by atoms with Gasteiger partial charge in [0, 0.05) is 32.0 Å². The summed E-state index contributed by atoms with van der Waals surface area (Å²) in [6.45, 7) is 1.80. The van der Waals surface area contributed by atoms with E-state index in [4.69, 9.17) is 10.7 Å². The first-order chi connectivity index (χ1) is 14.6. The zero-order valence-corrected chi connectivity index (χ0v) is 17.3. The first kappa shape index (κ1) is 18.5. The quantitative estimate of drug-likeness (QED) is 0.605. The molecule has 5 rings (SSSR count). The summed E-state index contributed by atoms with van der Waals surface area (Å²) in [7, 11) is 3.94. The Labute approximate surface area is 176 Å². The summed E-state index contributed by atoms with van der Waals surface area (Å²) in [6.07, 6.45) is 6.32. The van der Waals surface area contributed by atoms with Gasteiger partial charge in [0.15, 0.2) is 5.82 Å². The first-order valence-corrected chi connectivity index (χ1v) is 10.2. The van der Waals surface area contributed by atoms with Gasteiger partial charge >= 0.3 is 0 Å². The molecule has 1 aliphatic carbocycles. The Kier molecular flexibility index (Phi) is 4.54. The van der Waals surface area contributed by atoms with Crippen LogP contribution >= 0.6 is 0 Å². The molecule has 2 aliphatic rings. The van der Waals surface area contributed by atoms with Gasteiger partial charge in [-0.05, 0) is 49.1 Å². The van der Waals surface area contributed by atoms with E-state index in [0.717, 1.165) is 53.5 Å². The number of nitrogens with two attached hydrogens (primary N) is 1. The predicted molar refractivity (Wildman–Crippen MR) is 122 cm³/mol. The number of rotatable bonds is 6. The van der Waals surface area contributed by atoms with Crippen LogP contribution in [-0.2, 0) is 0 Å². The molecule has 3 N–H and O–H groups in total. The van der Waals surface area contributed by atoms with E-state index in [1.807, 2.05) is 55.5 Å². The molecule has 3 aromatic rings. The number of anilines is 7. The summed E-state index contributed by atoms with van der Waals surface area (Å²) in [5, 5.41) is 3.28. The lowest BCUT2D eigenvalue weighted by Crippen LogP contribution is -2.29. The molecule has 2 aromatic heterocycles. The van der Waals surface area contributed by atoms with Gasteiger partial charge in [-0.15, -0.1) is 0 Å². The Morgan fingerprint density at radius 3 is 2.70 bits per heavy atom. The third-order valence-corrected chi connectivity index (χ3v) is 5.48. The molecule has 1 fully saturated rings. The molecule has 1 aliphatic heterocycles. The van der Waals surface area contributed by atoms with E-state index in [9.17, 15) is 0 Å². The number of hydrogen-bond acceptors (Lipinski definition) is 8. The van der Waals surface area contributed by atoms with Crippen molar-refractivity contribution in [3.05, 3.63) is 48.8 Å². The number of pyridine rings is 1. The number of nitrogen functional groups attached to an aromatic ring is 1. The summed E-state index contributed by atoms with van der Waals surface area (Å²) in [5.41, 5.74) is 9.74. The van der Waals surface area contributed by atoms with Gasteiger partial charge in [-0.3, -0.25) is 0 Å². The Morgan fingerprint density at radius 2 is 2.00 bits per heavy atom. The second-order valence-corrected chi connectivity index (χ2v) is 8.16. The minimum atomic E-state index is 0.551. The Bertz CT molecular complexity index is 1050. The summed E-state index contributed by atoms with van der Waals surface area (Å²) in [5.74, 6) is 3.13. The number of hydrogen-bond donors (Lipinski definition) is 2.